The zero-order valence-corrected chi connectivity index (χ0v) is 18.8. The molecule has 7 nitrogen and oxygen atoms in total. The Balaban J connectivity index is 1.62. The molecule has 3 rings (SSSR count). The van der Waals surface area contributed by atoms with Crippen molar-refractivity contribution >= 4 is 5.96 Å². The van der Waals surface area contributed by atoms with Crippen molar-refractivity contribution in [1.29, 1.82) is 0 Å². The number of nitrogens with one attached hydrogen (secondary N) is 2. The highest BCUT2D eigenvalue weighted by Crippen LogP contribution is 2.24. The fraction of sp³-hybridized carbons (Fsp3) is 0.280. The van der Waals surface area contributed by atoms with Crippen LogP contribution in [0.25, 0.3) is 0 Å². The molecule has 2 aromatic carbocycles. The summed E-state index contributed by atoms with van der Waals surface area (Å²) in [5.41, 5.74) is 3.17. The summed E-state index contributed by atoms with van der Waals surface area (Å²) in [5, 5.41) is 6.62. The molecule has 1 aromatic heterocycles. The molecule has 0 spiro atoms. The van der Waals surface area contributed by atoms with Crippen molar-refractivity contribution in [3.63, 3.8) is 0 Å². The van der Waals surface area contributed by atoms with Crippen molar-refractivity contribution in [3.05, 3.63) is 93.9 Å². The van der Waals surface area contributed by atoms with Crippen LogP contribution in [0.4, 0.5) is 0 Å². The van der Waals surface area contributed by atoms with Gasteiger partial charge in [-0.1, -0.05) is 30.3 Å². The molecule has 0 aliphatic rings. The van der Waals surface area contributed by atoms with Gasteiger partial charge in [-0.15, -0.1) is 0 Å². The molecule has 2 N–H and O–H groups in total. The van der Waals surface area contributed by atoms with Gasteiger partial charge in [0.05, 0.1) is 27.3 Å². The maximum Gasteiger partial charge on any atom is 0.250 e. The summed E-state index contributed by atoms with van der Waals surface area (Å²) in [4.78, 5) is 16.6. The fourth-order valence-corrected chi connectivity index (χ4v) is 3.23. The van der Waals surface area contributed by atoms with E-state index in [2.05, 4.69) is 15.6 Å². The lowest BCUT2D eigenvalue weighted by atomic mass is 10.1. The van der Waals surface area contributed by atoms with Crippen LogP contribution in [0.1, 0.15) is 23.6 Å². The maximum atomic E-state index is 11.9. The van der Waals surface area contributed by atoms with Crippen molar-refractivity contribution in [1.82, 2.24) is 15.2 Å². The van der Waals surface area contributed by atoms with Crippen molar-refractivity contribution in [2.75, 3.05) is 20.8 Å². The summed E-state index contributed by atoms with van der Waals surface area (Å²) in [6.07, 6.45) is 1.80. The van der Waals surface area contributed by atoms with Gasteiger partial charge in [0.1, 0.15) is 11.5 Å². The number of ether oxygens (including phenoxy) is 2. The lowest BCUT2D eigenvalue weighted by Gasteiger charge is -2.14. The van der Waals surface area contributed by atoms with Gasteiger partial charge in [0.2, 0.25) is 0 Å². The number of methoxy groups -OCH3 is 2. The molecular formula is C25H30N4O3. The average molecular weight is 435 g/mol. The van der Waals surface area contributed by atoms with Gasteiger partial charge in [-0.05, 0) is 36.2 Å². The first-order valence-electron chi connectivity index (χ1n) is 10.6. The minimum absolute atomic E-state index is 0.00368. The Morgan fingerprint density at radius 2 is 1.75 bits per heavy atom. The van der Waals surface area contributed by atoms with Crippen molar-refractivity contribution in [3.8, 4) is 11.5 Å². The Kier molecular flexibility index (Phi) is 8.31. The topological polar surface area (TPSA) is 76.9 Å². The van der Waals surface area contributed by atoms with Crippen molar-refractivity contribution in [2.24, 2.45) is 4.99 Å². The van der Waals surface area contributed by atoms with E-state index in [1.807, 2.05) is 55.5 Å². The van der Waals surface area contributed by atoms with E-state index >= 15 is 0 Å². The SMILES string of the molecule is CCNC(=NCc1ccc(Cn2ccccc2=O)cc1)NCc1ccc(OC)cc1OC. The van der Waals surface area contributed by atoms with Crippen LogP contribution < -0.4 is 25.7 Å². The Morgan fingerprint density at radius 3 is 2.44 bits per heavy atom. The minimum Gasteiger partial charge on any atom is -0.497 e. The molecule has 3 aromatic rings. The lowest BCUT2D eigenvalue weighted by molar-refractivity contribution is 0.390. The second-order valence-corrected chi connectivity index (χ2v) is 7.21. The van der Waals surface area contributed by atoms with Gasteiger partial charge in [0.15, 0.2) is 5.96 Å². The summed E-state index contributed by atoms with van der Waals surface area (Å²) in [5.74, 6) is 2.25. The minimum atomic E-state index is -0.00368. The van der Waals surface area contributed by atoms with Gasteiger partial charge in [-0.3, -0.25) is 4.79 Å². The highest BCUT2D eigenvalue weighted by molar-refractivity contribution is 5.79. The van der Waals surface area contributed by atoms with E-state index in [4.69, 9.17) is 9.47 Å². The normalized spacial score (nSPS) is 11.2. The first kappa shape index (κ1) is 22.9. The molecule has 32 heavy (non-hydrogen) atoms. The van der Waals surface area contributed by atoms with Crippen LogP contribution >= 0.6 is 0 Å². The highest BCUT2D eigenvalue weighted by atomic mass is 16.5. The zero-order chi connectivity index (χ0) is 22.8. The number of hydrogen-bond acceptors (Lipinski definition) is 4. The number of benzene rings is 2. The molecule has 0 atom stereocenters. The molecule has 0 saturated heterocycles. The maximum absolute atomic E-state index is 11.9. The van der Waals surface area contributed by atoms with Gasteiger partial charge in [-0.25, -0.2) is 4.99 Å². The Morgan fingerprint density at radius 1 is 0.969 bits per heavy atom. The van der Waals surface area contributed by atoms with Crippen LogP contribution in [0.2, 0.25) is 0 Å². The van der Waals surface area contributed by atoms with Crippen LogP contribution in [0.15, 0.2) is 76.6 Å². The van der Waals surface area contributed by atoms with Gasteiger partial charge < -0.3 is 24.7 Å². The Bertz CT molecular complexity index is 1090. The molecule has 1 heterocycles. The number of pyridine rings is 1. The quantitative estimate of drug-likeness (QED) is 0.400. The first-order chi connectivity index (χ1) is 15.6. The first-order valence-corrected chi connectivity index (χ1v) is 10.6. The van der Waals surface area contributed by atoms with Crippen molar-refractivity contribution < 1.29 is 9.47 Å². The second kappa shape index (κ2) is 11.6. The molecule has 7 heteroatoms. The Hall–Kier alpha value is -3.74. The summed E-state index contributed by atoms with van der Waals surface area (Å²) in [6, 6.07) is 19.1. The van der Waals surface area contributed by atoms with Gasteiger partial charge in [0.25, 0.3) is 5.56 Å². The third-order valence-electron chi connectivity index (χ3n) is 4.98. The van der Waals surface area contributed by atoms with E-state index in [1.165, 1.54) is 0 Å². The number of aromatic nitrogens is 1. The molecule has 0 unspecified atom stereocenters. The summed E-state index contributed by atoms with van der Waals surface area (Å²) < 4.78 is 12.4. The van der Waals surface area contributed by atoms with E-state index in [0.29, 0.717) is 19.6 Å². The van der Waals surface area contributed by atoms with Crippen molar-refractivity contribution in [2.45, 2.75) is 26.6 Å². The molecule has 168 valence electrons. The third kappa shape index (κ3) is 6.38. The number of aliphatic imine (C=N–C) groups is 1. The molecule has 0 saturated carbocycles. The smallest absolute Gasteiger partial charge is 0.250 e. The average Bonchev–Trinajstić information content (AvgIpc) is 2.83. The second-order valence-electron chi connectivity index (χ2n) is 7.21. The van der Waals surface area contributed by atoms with E-state index < -0.39 is 0 Å². The van der Waals surface area contributed by atoms with Crippen LogP contribution in [0.5, 0.6) is 11.5 Å². The molecule has 0 aliphatic heterocycles. The van der Waals surface area contributed by atoms with Crippen LogP contribution in [-0.4, -0.2) is 31.3 Å². The Labute approximate surface area is 188 Å². The molecule has 0 bridgehead atoms. The predicted molar refractivity (Wildman–Crippen MR) is 127 cm³/mol. The van der Waals surface area contributed by atoms with Crippen LogP contribution in [0, 0.1) is 0 Å². The lowest BCUT2D eigenvalue weighted by Crippen LogP contribution is -2.36. The summed E-state index contributed by atoms with van der Waals surface area (Å²) in [6.45, 7) is 4.46. The monoisotopic (exact) mass is 434 g/mol. The van der Waals surface area contributed by atoms with E-state index in [1.54, 1.807) is 37.1 Å². The van der Waals surface area contributed by atoms with E-state index in [9.17, 15) is 4.79 Å². The van der Waals surface area contributed by atoms with Gasteiger partial charge in [-0.2, -0.15) is 0 Å². The third-order valence-corrected chi connectivity index (χ3v) is 4.98. The summed E-state index contributed by atoms with van der Waals surface area (Å²) >= 11 is 0. The van der Waals surface area contributed by atoms with E-state index in [-0.39, 0.29) is 5.56 Å². The fourth-order valence-electron chi connectivity index (χ4n) is 3.23. The van der Waals surface area contributed by atoms with Crippen LogP contribution in [0.3, 0.4) is 0 Å². The predicted octanol–water partition coefficient (Wildman–Crippen LogP) is 3.17. The molecule has 0 fully saturated rings. The van der Waals surface area contributed by atoms with Crippen LogP contribution in [-0.2, 0) is 19.6 Å². The molecule has 0 amide bonds. The molecule has 0 aliphatic carbocycles. The molecule has 0 radical (unpaired) electrons. The number of nitrogens with zero attached hydrogens (tertiary/aromatic N) is 2. The highest BCUT2D eigenvalue weighted by Gasteiger charge is 2.06. The summed E-state index contributed by atoms with van der Waals surface area (Å²) in [7, 11) is 3.28. The number of guanidine groups is 1. The van der Waals surface area contributed by atoms with Gasteiger partial charge in [0, 0.05) is 37.0 Å². The zero-order valence-electron chi connectivity index (χ0n) is 18.8. The standard InChI is InChI=1S/C25H30N4O3/c1-4-26-25(28-17-21-12-13-22(31-2)15-23(21)32-3)27-16-19-8-10-20(11-9-19)18-29-14-6-5-7-24(29)30/h5-15H,4,16-18H2,1-3H3,(H2,26,27,28). The number of rotatable bonds is 9. The largest absolute Gasteiger partial charge is 0.497 e. The molecular weight excluding hydrogens is 404 g/mol. The van der Waals surface area contributed by atoms with E-state index in [0.717, 1.165) is 40.7 Å². The number of hydrogen-bond donors (Lipinski definition) is 2. The van der Waals surface area contributed by atoms with Gasteiger partial charge >= 0.3 is 0 Å².